The number of benzene rings is 1. The van der Waals surface area contributed by atoms with Crippen LogP contribution in [0.15, 0.2) is 23.1 Å². The highest BCUT2D eigenvalue weighted by Gasteiger charge is 2.40. The van der Waals surface area contributed by atoms with Crippen molar-refractivity contribution >= 4 is 10.0 Å². The lowest BCUT2D eigenvalue weighted by Gasteiger charge is -2.30. The van der Waals surface area contributed by atoms with E-state index in [0.29, 0.717) is 11.4 Å². The molecule has 2 aliphatic rings. The van der Waals surface area contributed by atoms with Crippen molar-refractivity contribution in [3.63, 3.8) is 0 Å². The summed E-state index contributed by atoms with van der Waals surface area (Å²) in [7, 11) is -3.20. The van der Waals surface area contributed by atoms with E-state index in [1.807, 2.05) is 19.1 Å². The lowest BCUT2D eigenvalue weighted by Crippen LogP contribution is -2.41. The van der Waals surface area contributed by atoms with Gasteiger partial charge in [0.05, 0.1) is 4.90 Å². The Morgan fingerprint density at radius 1 is 1.38 bits per heavy atom. The second-order valence-corrected chi connectivity index (χ2v) is 6.59. The minimum absolute atomic E-state index is 0.208. The van der Waals surface area contributed by atoms with Gasteiger partial charge in [0.2, 0.25) is 10.0 Å². The van der Waals surface area contributed by atoms with Crippen LogP contribution in [0.3, 0.4) is 0 Å². The van der Waals surface area contributed by atoms with E-state index in [2.05, 4.69) is 0 Å². The number of nitrogens with zero attached hydrogens (tertiary/aromatic N) is 1. The van der Waals surface area contributed by atoms with Crippen LogP contribution in [0.5, 0.6) is 0 Å². The molecule has 0 spiro atoms. The number of fused-ring (bicyclic) bond motifs is 2. The second-order valence-electron chi connectivity index (χ2n) is 4.73. The standard InChI is InChI=1S/C12H15NO2S/c1-9-4-5-12-10(7-9)8-11-3-2-6-13(11)16(12,14)15/h4-5,7,11H,2-3,6,8H2,1H3. The molecule has 0 radical (unpaired) electrons. The van der Waals surface area contributed by atoms with Crippen molar-refractivity contribution < 1.29 is 8.42 Å². The SMILES string of the molecule is Cc1ccc2c(c1)CC1CCCN1S2(=O)=O. The van der Waals surface area contributed by atoms with Crippen molar-refractivity contribution in [2.75, 3.05) is 6.54 Å². The van der Waals surface area contributed by atoms with Gasteiger partial charge in [-0.15, -0.1) is 0 Å². The minimum Gasteiger partial charge on any atom is -0.207 e. The molecule has 0 saturated carbocycles. The molecule has 86 valence electrons. The number of hydrogen-bond acceptors (Lipinski definition) is 2. The maximum Gasteiger partial charge on any atom is 0.243 e. The van der Waals surface area contributed by atoms with Crippen molar-refractivity contribution in [3.8, 4) is 0 Å². The first-order valence-electron chi connectivity index (χ1n) is 5.70. The normalized spacial score (nSPS) is 27.4. The highest BCUT2D eigenvalue weighted by Crippen LogP contribution is 2.35. The summed E-state index contributed by atoms with van der Waals surface area (Å²) >= 11 is 0. The molecule has 1 aromatic rings. The van der Waals surface area contributed by atoms with Gasteiger partial charge in [0.1, 0.15) is 0 Å². The Balaban J connectivity index is 2.20. The summed E-state index contributed by atoms with van der Waals surface area (Å²) in [5.41, 5.74) is 2.14. The van der Waals surface area contributed by atoms with Crippen molar-refractivity contribution in [2.24, 2.45) is 0 Å². The van der Waals surface area contributed by atoms with Gasteiger partial charge < -0.3 is 0 Å². The van der Waals surface area contributed by atoms with E-state index in [1.54, 1.807) is 10.4 Å². The topological polar surface area (TPSA) is 37.4 Å². The zero-order valence-electron chi connectivity index (χ0n) is 9.31. The van der Waals surface area contributed by atoms with Crippen LogP contribution in [-0.2, 0) is 16.4 Å². The van der Waals surface area contributed by atoms with Crippen molar-refractivity contribution in [2.45, 2.75) is 37.1 Å². The predicted octanol–water partition coefficient (Wildman–Crippen LogP) is 1.70. The van der Waals surface area contributed by atoms with Crippen LogP contribution >= 0.6 is 0 Å². The first-order chi connectivity index (χ1) is 7.59. The summed E-state index contributed by atoms with van der Waals surface area (Å²) in [5.74, 6) is 0. The Hall–Kier alpha value is -0.870. The van der Waals surface area contributed by atoms with E-state index in [4.69, 9.17) is 0 Å². The molecule has 3 rings (SSSR count). The molecule has 1 atom stereocenters. The molecule has 0 amide bonds. The predicted molar refractivity (Wildman–Crippen MR) is 61.8 cm³/mol. The molecule has 1 unspecified atom stereocenters. The highest BCUT2D eigenvalue weighted by atomic mass is 32.2. The van der Waals surface area contributed by atoms with Crippen LogP contribution in [0.2, 0.25) is 0 Å². The maximum atomic E-state index is 12.3. The van der Waals surface area contributed by atoms with Gasteiger partial charge in [-0.05, 0) is 37.8 Å². The number of hydrogen-bond donors (Lipinski definition) is 0. The Bertz CT molecular complexity index is 536. The second kappa shape index (κ2) is 3.31. The monoisotopic (exact) mass is 237 g/mol. The smallest absolute Gasteiger partial charge is 0.207 e. The lowest BCUT2D eigenvalue weighted by molar-refractivity contribution is 0.371. The summed E-state index contributed by atoms with van der Waals surface area (Å²) < 4.78 is 26.3. The third kappa shape index (κ3) is 1.33. The Kier molecular flexibility index (Phi) is 2.13. The van der Waals surface area contributed by atoms with Crippen molar-refractivity contribution in [1.29, 1.82) is 0 Å². The van der Waals surface area contributed by atoms with Crippen LogP contribution in [0.25, 0.3) is 0 Å². The fourth-order valence-electron chi connectivity index (χ4n) is 2.83. The summed E-state index contributed by atoms with van der Waals surface area (Å²) in [6.07, 6.45) is 2.89. The van der Waals surface area contributed by atoms with Crippen LogP contribution in [0.1, 0.15) is 24.0 Å². The molecule has 0 aromatic heterocycles. The molecule has 16 heavy (non-hydrogen) atoms. The number of rotatable bonds is 0. The van der Waals surface area contributed by atoms with E-state index < -0.39 is 10.0 Å². The van der Waals surface area contributed by atoms with Gasteiger partial charge in [-0.25, -0.2) is 8.42 Å². The average Bonchev–Trinajstić information content (AvgIpc) is 2.65. The first kappa shape index (κ1) is 10.3. The average molecular weight is 237 g/mol. The zero-order chi connectivity index (χ0) is 11.3. The quantitative estimate of drug-likeness (QED) is 0.689. The van der Waals surface area contributed by atoms with Crippen LogP contribution in [-0.4, -0.2) is 25.3 Å². The Morgan fingerprint density at radius 3 is 3.00 bits per heavy atom. The fraction of sp³-hybridized carbons (Fsp3) is 0.500. The molecule has 0 bridgehead atoms. The third-order valence-corrected chi connectivity index (χ3v) is 5.63. The Labute approximate surface area is 96.1 Å². The van der Waals surface area contributed by atoms with Gasteiger partial charge in [0, 0.05) is 12.6 Å². The molecule has 0 N–H and O–H groups in total. The highest BCUT2D eigenvalue weighted by molar-refractivity contribution is 7.89. The van der Waals surface area contributed by atoms with Gasteiger partial charge in [0.25, 0.3) is 0 Å². The molecular formula is C12H15NO2S. The van der Waals surface area contributed by atoms with E-state index in [9.17, 15) is 8.42 Å². The largest absolute Gasteiger partial charge is 0.243 e. The van der Waals surface area contributed by atoms with E-state index in [1.165, 1.54) is 0 Å². The molecule has 3 nitrogen and oxygen atoms in total. The molecule has 4 heteroatoms. The maximum absolute atomic E-state index is 12.3. The molecule has 2 aliphatic heterocycles. The first-order valence-corrected chi connectivity index (χ1v) is 7.14. The Morgan fingerprint density at radius 2 is 2.19 bits per heavy atom. The van der Waals surface area contributed by atoms with Gasteiger partial charge in [0.15, 0.2) is 0 Å². The lowest BCUT2D eigenvalue weighted by atomic mass is 10.0. The van der Waals surface area contributed by atoms with Gasteiger partial charge in [-0.3, -0.25) is 0 Å². The van der Waals surface area contributed by atoms with E-state index in [-0.39, 0.29) is 6.04 Å². The van der Waals surface area contributed by atoms with Gasteiger partial charge in [-0.2, -0.15) is 4.31 Å². The molecule has 1 aromatic carbocycles. The summed E-state index contributed by atoms with van der Waals surface area (Å²) in [4.78, 5) is 0.524. The van der Waals surface area contributed by atoms with E-state index >= 15 is 0 Å². The van der Waals surface area contributed by atoms with E-state index in [0.717, 1.165) is 30.4 Å². The molecular weight excluding hydrogens is 222 g/mol. The van der Waals surface area contributed by atoms with Crippen LogP contribution < -0.4 is 0 Å². The van der Waals surface area contributed by atoms with Crippen LogP contribution in [0.4, 0.5) is 0 Å². The summed E-state index contributed by atoms with van der Waals surface area (Å²) in [6.45, 7) is 2.70. The van der Waals surface area contributed by atoms with Crippen molar-refractivity contribution in [3.05, 3.63) is 29.3 Å². The molecule has 2 heterocycles. The minimum atomic E-state index is -3.20. The molecule has 1 saturated heterocycles. The van der Waals surface area contributed by atoms with Gasteiger partial charge >= 0.3 is 0 Å². The molecule has 0 aliphatic carbocycles. The molecule has 1 fully saturated rings. The number of sulfonamides is 1. The van der Waals surface area contributed by atoms with Crippen molar-refractivity contribution in [1.82, 2.24) is 4.31 Å². The third-order valence-electron chi connectivity index (χ3n) is 3.58. The van der Waals surface area contributed by atoms with Gasteiger partial charge in [-0.1, -0.05) is 17.7 Å². The summed E-state index contributed by atoms with van der Waals surface area (Å²) in [5, 5.41) is 0. The van der Waals surface area contributed by atoms with Crippen LogP contribution in [0, 0.1) is 6.92 Å². The summed E-state index contributed by atoms with van der Waals surface area (Å²) in [6, 6.07) is 5.86. The zero-order valence-corrected chi connectivity index (χ0v) is 10.1. The number of aryl methyl sites for hydroxylation is 1. The fourth-order valence-corrected chi connectivity index (χ4v) is 4.74.